The Morgan fingerprint density at radius 2 is 2.05 bits per heavy atom. The molecule has 0 saturated heterocycles. The molecule has 1 rings (SSSR count). The van der Waals surface area contributed by atoms with E-state index in [2.05, 4.69) is 45.5 Å². The van der Waals surface area contributed by atoms with E-state index in [4.69, 9.17) is 5.84 Å². The van der Waals surface area contributed by atoms with E-state index in [9.17, 15) is 4.79 Å². The van der Waals surface area contributed by atoms with Gasteiger partial charge < -0.3 is 10.7 Å². The van der Waals surface area contributed by atoms with Crippen molar-refractivity contribution >= 4 is 27.7 Å². The Bertz CT molecular complexity index is 451. The number of hydrogen-bond donors (Lipinski definition) is 3. The molecule has 1 aromatic heterocycles. The molecule has 0 unspecified atom stereocenters. The summed E-state index contributed by atoms with van der Waals surface area (Å²) >= 11 is 3.30. The van der Waals surface area contributed by atoms with Crippen molar-refractivity contribution in [2.45, 2.75) is 46.0 Å². The number of halogens is 1. The summed E-state index contributed by atoms with van der Waals surface area (Å²) in [6, 6.07) is 1.71. The molecule has 118 valence electrons. The molecule has 0 aliphatic heterocycles. The van der Waals surface area contributed by atoms with Crippen LogP contribution in [0.15, 0.2) is 16.7 Å². The van der Waals surface area contributed by atoms with Gasteiger partial charge in [0.25, 0.3) is 5.91 Å². The minimum absolute atomic E-state index is 0.154. The number of hydrogen-bond acceptors (Lipinski definition) is 4. The van der Waals surface area contributed by atoms with Crippen LogP contribution < -0.4 is 16.6 Å². The Balaban J connectivity index is 2.29. The monoisotopic (exact) mass is 356 g/mol. The van der Waals surface area contributed by atoms with Crippen LogP contribution in [-0.2, 0) is 0 Å². The van der Waals surface area contributed by atoms with Crippen LogP contribution in [0.25, 0.3) is 0 Å². The molecule has 1 amide bonds. The number of carbonyl (C=O) groups excluding carboxylic acids is 1. The van der Waals surface area contributed by atoms with Crippen molar-refractivity contribution in [2.24, 2.45) is 11.8 Å². The summed E-state index contributed by atoms with van der Waals surface area (Å²) < 4.78 is 0.750. The van der Waals surface area contributed by atoms with Gasteiger partial charge in [-0.1, -0.05) is 39.5 Å². The predicted octanol–water partition coefficient (Wildman–Crippen LogP) is 3.47. The molecule has 0 saturated carbocycles. The number of unbranched alkanes of at least 4 members (excludes halogenated alkanes) is 3. The highest BCUT2D eigenvalue weighted by molar-refractivity contribution is 9.10. The van der Waals surface area contributed by atoms with Gasteiger partial charge in [-0.3, -0.25) is 4.79 Å². The van der Waals surface area contributed by atoms with Crippen LogP contribution in [0.5, 0.6) is 0 Å². The molecular weight excluding hydrogens is 332 g/mol. The van der Waals surface area contributed by atoms with Crippen LogP contribution in [-0.4, -0.2) is 17.4 Å². The zero-order valence-corrected chi connectivity index (χ0v) is 14.4. The molecule has 5 nitrogen and oxygen atoms in total. The quantitative estimate of drug-likeness (QED) is 0.359. The lowest BCUT2D eigenvalue weighted by molar-refractivity contribution is 0.0953. The minimum Gasteiger partial charge on any atom is -0.352 e. The molecule has 0 fully saturated rings. The highest BCUT2D eigenvalue weighted by Gasteiger charge is 2.12. The molecule has 0 aliphatic rings. The van der Waals surface area contributed by atoms with E-state index < -0.39 is 0 Å². The molecule has 0 radical (unpaired) electrons. The molecule has 1 heterocycles. The smallest absolute Gasteiger partial charge is 0.255 e. The molecule has 0 bridgehead atoms. The SMILES string of the molecule is CC(C)CCCCCCNC(=O)c1cc(Br)cnc1NN. The Kier molecular flexibility index (Phi) is 8.30. The van der Waals surface area contributed by atoms with Gasteiger partial charge in [-0.05, 0) is 34.3 Å². The Morgan fingerprint density at radius 1 is 1.33 bits per heavy atom. The number of amides is 1. The number of pyridine rings is 1. The van der Waals surface area contributed by atoms with Crippen molar-refractivity contribution in [2.75, 3.05) is 12.0 Å². The highest BCUT2D eigenvalue weighted by Crippen LogP contribution is 2.17. The van der Waals surface area contributed by atoms with E-state index in [-0.39, 0.29) is 5.91 Å². The third-order valence-corrected chi connectivity index (χ3v) is 3.66. The molecule has 0 aromatic carbocycles. The predicted molar refractivity (Wildman–Crippen MR) is 90.0 cm³/mol. The van der Waals surface area contributed by atoms with Crippen molar-refractivity contribution in [3.63, 3.8) is 0 Å². The van der Waals surface area contributed by atoms with Crippen molar-refractivity contribution in [3.05, 3.63) is 22.3 Å². The average molecular weight is 357 g/mol. The summed E-state index contributed by atoms with van der Waals surface area (Å²) in [6.07, 6.45) is 7.51. The lowest BCUT2D eigenvalue weighted by Crippen LogP contribution is -2.26. The van der Waals surface area contributed by atoms with Gasteiger partial charge in [0.15, 0.2) is 5.82 Å². The molecule has 0 aliphatic carbocycles. The Morgan fingerprint density at radius 3 is 2.71 bits per heavy atom. The maximum absolute atomic E-state index is 12.1. The van der Waals surface area contributed by atoms with Crippen molar-refractivity contribution < 1.29 is 4.79 Å². The Hall–Kier alpha value is -1.14. The summed E-state index contributed by atoms with van der Waals surface area (Å²) in [5.74, 6) is 6.37. The lowest BCUT2D eigenvalue weighted by atomic mass is 10.0. The highest BCUT2D eigenvalue weighted by atomic mass is 79.9. The van der Waals surface area contributed by atoms with Gasteiger partial charge in [-0.25, -0.2) is 10.8 Å². The number of nitrogens with two attached hydrogens (primary N) is 1. The van der Waals surface area contributed by atoms with Gasteiger partial charge in [-0.2, -0.15) is 0 Å². The first-order valence-corrected chi connectivity index (χ1v) is 8.24. The molecular formula is C15H25BrN4O. The molecule has 1 aromatic rings. The van der Waals surface area contributed by atoms with E-state index >= 15 is 0 Å². The number of nitrogen functional groups attached to an aromatic ring is 1. The van der Waals surface area contributed by atoms with E-state index in [1.807, 2.05) is 0 Å². The first kappa shape index (κ1) is 17.9. The van der Waals surface area contributed by atoms with Gasteiger partial charge >= 0.3 is 0 Å². The first-order valence-electron chi connectivity index (χ1n) is 7.45. The fraction of sp³-hybridized carbons (Fsp3) is 0.600. The third-order valence-electron chi connectivity index (χ3n) is 3.23. The number of nitrogens with zero attached hydrogens (tertiary/aromatic N) is 1. The molecule has 4 N–H and O–H groups in total. The second kappa shape index (κ2) is 9.73. The number of rotatable bonds is 9. The van der Waals surface area contributed by atoms with Gasteiger partial charge in [-0.15, -0.1) is 0 Å². The first-order chi connectivity index (χ1) is 10.0. The zero-order chi connectivity index (χ0) is 15.7. The fourth-order valence-electron chi connectivity index (χ4n) is 2.06. The second-order valence-corrected chi connectivity index (χ2v) is 6.46. The largest absolute Gasteiger partial charge is 0.352 e. The van der Waals surface area contributed by atoms with Crippen LogP contribution in [0, 0.1) is 5.92 Å². The standard InChI is InChI=1S/C15H25BrN4O/c1-11(2)7-5-3-4-6-8-18-15(21)13-9-12(16)10-19-14(13)20-17/h9-11H,3-8,17H2,1-2H3,(H,18,21)(H,19,20). The summed E-state index contributed by atoms with van der Waals surface area (Å²) in [4.78, 5) is 16.1. The van der Waals surface area contributed by atoms with E-state index in [0.29, 0.717) is 17.9 Å². The van der Waals surface area contributed by atoms with Gasteiger partial charge in [0, 0.05) is 17.2 Å². The van der Waals surface area contributed by atoms with Gasteiger partial charge in [0.2, 0.25) is 0 Å². The van der Waals surface area contributed by atoms with Crippen LogP contribution >= 0.6 is 15.9 Å². The zero-order valence-electron chi connectivity index (χ0n) is 12.8. The molecule has 21 heavy (non-hydrogen) atoms. The van der Waals surface area contributed by atoms with Crippen LogP contribution in [0.2, 0.25) is 0 Å². The van der Waals surface area contributed by atoms with Crippen molar-refractivity contribution in [1.82, 2.24) is 10.3 Å². The molecule has 6 heteroatoms. The number of aromatic nitrogens is 1. The maximum atomic E-state index is 12.1. The number of carbonyl (C=O) groups is 1. The van der Waals surface area contributed by atoms with E-state index in [1.165, 1.54) is 19.3 Å². The second-order valence-electron chi connectivity index (χ2n) is 5.55. The van der Waals surface area contributed by atoms with Gasteiger partial charge in [0.1, 0.15) is 0 Å². The van der Waals surface area contributed by atoms with E-state index in [1.54, 1.807) is 12.3 Å². The van der Waals surface area contributed by atoms with Gasteiger partial charge in [0.05, 0.1) is 5.56 Å². The fourth-order valence-corrected chi connectivity index (χ4v) is 2.39. The topological polar surface area (TPSA) is 80.0 Å². The number of nitrogens with one attached hydrogen (secondary N) is 2. The number of anilines is 1. The van der Waals surface area contributed by atoms with Crippen molar-refractivity contribution in [1.29, 1.82) is 0 Å². The normalized spacial score (nSPS) is 10.7. The third kappa shape index (κ3) is 6.91. The Labute approximate surface area is 135 Å². The summed E-state index contributed by atoms with van der Waals surface area (Å²) in [5, 5.41) is 2.91. The summed E-state index contributed by atoms with van der Waals surface area (Å²) in [7, 11) is 0. The van der Waals surface area contributed by atoms with Crippen LogP contribution in [0.3, 0.4) is 0 Å². The maximum Gasteiger partial charge on any atom is 0.255 e. The number of hydrazine groups is 1. The average Bonchev–Trinajstić information content (AvgIpc) is 2.45. The van der Waals surface area contributed by atoms with E-state index in [0.717, 1.165) is 23.2 Å². The van der Waals surface area contributed by atoms with Crippen LogP contribution in [0.1, 0.15) is 56.3 Å². The lowest BCUT2D eigenvalue weighted by Gasteiger charge is -2.09. The minimum atomic E-state index is -0.154. The molecule has 0 spiro atoms. The van der Waals surface area contributed by atoms with Crippen LogP contribution in [0.4, 0.5) is 5.82 Å². The summed E-state index contributed by atoms with van der Waals surface area (Å²) in [5.41, 5.74) is 2.89. The summed E-state index contributed by atoms with van der Waals surface area (Å²) in [6.45, 7) is 5.17. The van der Waals surface area contributed by atoms with Crippen molar-refractivity contribution in [3.8, 4) is 0 Å². The molecule has 0 atom stereocenters.